The quantitative estimate of drug-likeness (QED) is 0.263. The second-order valence-corrected chi connectivity index (χ2v) is 10.2. The Morgan fingerprint density at radius 2 is 1.32 bits per heavy atom. The van der Waals surface area contributed by atoms with E-state index in [0.717, 1.165) is 40.8 Å². The maximum Gasteiger partial charge on any atom is 0.0405 e. The van der Waals surface area contributed by atoms with Gasteiger partial charge < -0.3 is 0 Å². The summed E-state index contributed by atoms with van der Waals surface area (Å²) in [5, 5.41) is 6.80. The molecule has 0 fully saturated rings. The van der Waals surface area contributed by atoms with Crippen molar-refractivity contribution in [2.75, 3.05) is 0 Å². The summed E-state index contributed by atoms with van der Waals surface area (Å²) in [5.41, 5.74) is 5.25. The van der Waals surface area contributed by atoms with Crippen molar-refractivity contribution < 1.29 is 0 Å². The van der Waals surface area contributed by atoms with E-state index < -0.39 is 0 Å². The van der Waals surface area contributed by atoms with E-state index in [9.17, 15) is 0 Å². The Balaban J connectivity index is 1.97. The maximum atomic E-state index is 3.62. The topological polar surface area (TPSA) is 0 Å². The molecule has 2 aliphatic carbocycles. The monoisotopic (exact) mass is 438 g/mol. The third kappa shape index (κ3) is 4.14. The first-order valence-electron chi connectivity index (χ1n) is 12.3. The zero-order chi connectivity index (χ0) is 23.7. The molecular formula is C34H30. The van der Waals surface area contributed by atoms with E-state index in [1.165, 1.54) is 33.0 Å². The van der Waals surface area contributed by atoms with Gasteiger partial charge in [-0.3, -0.25) is 0 Å². The Bertz CT molecular complexity index is 1510. The van der Waals surface area contributed by atoms with Gasteiger partial charge in [0.25, 0.3) is 0 Å². The van der Waals surface area contributed by atoms with Gasteiger partial charge in [0.05, 0.1) is 0 Å². The fourth-order valence-corrected chi connectivity index (χ4v) is 4.69. The smallest absolute Gasteiger partial charge is 0.0405 e. The first-order valence-corrected chi connectivity index (χ1v) is 12.3. The average molecular weight is 439 g/mol. The molecule has 0 aromatic heterocycles. The van der Waals surface area contributed by atoms with Gasteiger partial charge in [-0.1, -0.05) is 107 Å². The third-order valence-corrected chi connectivity index (χ3v) is 6.69. The van der Waals surface area contributed by atoms with E-state index in [1.807, 2.05) is 12.1 Å². The minimum atomic E-state index is 0.102. The van der Waals surface area contributed by atoms with Crippen LogP contribution in [-0.2, 0) is 11.8 Å². The van der Waals surface area contributed by atoms with E-state index in [-0.39, 0.29) is 5.41 Å². The second kappa shape index (κ2) is 8.89. The first kappa shape index (κ1) is 22.1. The molecule has 166 valence electrons. The van der Waals surface area contributed by atoms with Crippen molar-refractivity contribution in [1.29, 1.82) is 0 Å². The maximum absolute atomic E-state index is 3.62. The van der Waals surface area contributed by atoms with Gasteiger partial charge in [0.15, 0.2) is 0 Å². The molecule has 0 bridgehead atoms. The standard InChI is InChI=1S/C34H30/c1-5-6-15-29-30-20-18-25-12-8-7-11-24(25)16-17-26-13-9-10-14-27(26)22-32(30)31-21-19-28(23-33(29)31)34(2,3)4/h7-14,19,21-23H,5-6,15H2,1-4H3. The highest BCUT2D eigenvalue weighted by atomic mass is 14.2. The Morgan fingerprint density at radius 3 is 2.03 bits per heavy atom. The summed E-state index contributed by atoms with van der Waals surface area (Å²) in [7, 11) is 0. The molecule has 0 nitrogen and oxygen atoms in total. The van der Waals surface area contributed by atoms with Crippen molar-refractivity contribution in [2.45, 2.75) is 52.4 Å². The number of fused-ring (bicyclic) bond motifs is 5. The Morgan fingerprint density at radius 1 is 0.676 bits per heavy atom. The van der Waals surface area contributed by atoms with Crippen molar-refractivity contribution in [3.63, 3.8) is 0 Å². The van der Waals surface area contributed by atoms with Gasteiger partial charge in [0.1, 0.15) is 0 Å². The van der Waals surface area contributed by atoms with Gasteiger partial charge in [0, 0.05) is 21.7 Å². The number of hydrogen-bond acceptors (Lipinski definition) is 0. The molecule has 0 radical (unpaired) electrons. The van der Waals surface area contributed by atoms with Crippen LogP contribution < -0.4 is 0 Å². The fourth-order valence-electron chi connectivity index (χ4n) is 4.69. The zero-order valence-corrected chi connectivity index (χ0v) is 20.5. The molecule has 0 N–H and O–H groups in total. The van der Waals surface area contributed by atoms with Gasteiger partial charge in [-0.15, -0.1) is 0 Å². The van der Waals surface area contributed by atoms with Crippen molar-refractivity contribution in [1.82, 2.24) is 0 Å². The van der Waals surface area contributed by atoms with Crippen LogP contribution in [0, 0.1) is 24.3 Å². The van der Waals surface area contributed by atoms with E-state index >= 15 is 0 Å². The van der Waals surface area contributed by atoms with Crippen molar-refractivity contribution in [3.05, 3.63) is 108 Å². The number of benzene rings is 3. The lowest BCUT2D eigenvalue weighted by molar-refractivity contribution is 0.591. The molecule has 0 atom stereocenters. The van der Waals surface area contributed by atoms with Crippen LogP contribution in [0.15, 0.2) is 72.8 Å². The first-order chi connectivity index (χ1) is 16.5. The van der Waals surface area contributed by atoms with Gasteiger partial charge in [-0.05, 0) is 75.4 Å². The summed E-state index contributed by atoms with van der Waals surface area (Å²) in [6.45, 7) is 9.12. The van der Waals surface area contributed by atoms with Crippen LogP contribution in [-0.4, -0.2) is 0 Å². The molecule has 2 aliphatic rings. The third-order valence-electron chi connectivity index (χ3n) is 6.69. The molecule has 0 saturated heterocycles. The summed E-state index contributed by atoms with van der Waals surface area (Å²) < 4.78 is 0. The van der Waals surface area contributed by atoms with Crippen LogP contribution in [0.1, 0.15) is 51.7 Å². The number of hydrogen-bond donors (Lipinski definition) is 0. The zero-order valence-electron chi connectivity index (χ0n) is 20.5. The van der Waals surface area contributed by atoms with Crippen LogP contribution in [0.25, 0.3) is 43.4 Å². The molecular weight excluding hydrogens is 408 g/mol. The van der Waals surface area contributed by atoms with Crippen molar-refractivity contribution >= 4 is 32.3 Å². The number of unbranched alkanes of at least 4 members (excludes halogenated alkanes) is 1. The largest absolute Gasteiger partial charge is 0.0654 e. The predicted molar refractivity (Wildman–Crippen MR) is 146 cm³/mol. The van der Waals surface area contributed by atoms with Crippen LogP contribution in [0.3, 0.4) is 0 Å². The summed E-state index contributed by atoms with van der Waals surface area (Å²) in [4.78, 5) is 0. The highest BCUT2D eigenvalue weighted by Crippen LogP contribution is 2.40. The lowest BCUT2D eigenvalue weighted by Crippen LogP contribution is -2.10. The highest BCUT2D eigenvalue weighted by Gasteiger charge is 2.20. The molecule has 0 heterocycles. The Hall–Kier alpha value is -3.74. The normalized spacial score (nSPS) is 11.4. The Labute approximate surface area is 203 Å². The van der Waals surface area contributed by atoms with Gasteiger partial charge in [0.2, 0.25) is 0 Å². The molecule has 0 spiro atoms. The fraction of sp³-hybridized carbons (Fsp3) is 0.235. The molecule has 0 amide bonds. The van der Waals surface area contributed by atoms with E-state index in [4.69, 9.17) is 0 Å². The molecule has 0 saturated carbocycles. The lowest BCUT2D eigenvalue weighted by Gasteiger charge is -2.19. The van der Waals surface area contributed by atoms with Gasteiger partial charge in [-0.2, -0.15) is 0 Å². The Kier molecular flexibility index (Phi) is 5.77. The highest BCUT2D eigenvalue weighted by molar-refractivity contribution is 6.07. The van der Waals surface area contributed by atoms with Crippen molar-refractivity contribution in [3.8, 4) is 11.1 Å². The van der Waals surface area contributed by atoms with Crippen LogP contribution in [0.4, 0.5) is 0 Å². The van der Waals surface area contributed by atoms with E-state index in [2.05, 4.69) is 113 Å². The predicted octanol–water partition coefficient (Wildman–Crippen LogP) is 9.22. The van der Waals surface area contributed by atoms with Gasteiger partial charge >= 0.3 is 0 Å². The summed E-state index contributed by atoms with van der Waals surface area (Å²) in [6, 6.07) is 39.9. The minimum Gasteiger partial charge on any atom is -0.0654 e. The molecule has 0 unspecified atom stereocenters. The molecule has 0 aliphatic heterocycles. The molecule has 0 heteroatoms. The summed E-state index contributed by atoms with van der Waals surface area (Å²) in [5.74, 6) is 0. The molecule has 3 aromatic rings. The van der Waals surface area contributed by atoms with Crippen LogP contribution >= 0.6 is 0 Å². The summed E-state index contributed by atoms with van der Waals surface area (Å²) >= 11 is 0. The molecule has 5 rings (SSSR count). The number of rotatable bonds is 3. The minimum absolute atomic E-state index is 0.102. The molecule has 3 aromatic carbocycles. The molecule has 34 heavy (non-hydrogen) atoms. The van der Waals surface area contributed by atoms with Crippen LogP contribution in [0.2, 0.25) is 0 Å². The van der Waals surface area contributed by atoms with E-state index in [1.54, 1.807) is 0 Å². The number of aryl methyl sites for hydroxylation is 1. The average Bonchev–Trinajstić information content (AvgIpc) is 3.10. The van der Waals surface area contributed by atoms with Crippen LogP contribution in [0.5, 0.6) is 0 Å². The second-order valence-electron chi connectivity index (χ2n) is 10.2. The van der Waals surface area contributed by atoms with Crippen molar-refractivity contribution in [2.24, 2.45) is 0 Å². The lowest BCUT2D eigenvalue weighted by atomic mass is 9.86. The van der Waals surface area contributed by atoms with Gasteiger partial charge in [-0.25, -0.2) is 0 Å². The van der Waals surface area contributed by atoms with E-state index in [0.29, 0.717) is 0 Å². The SMILES string of the molecule is CCCCc1c2c#cc3ccccc3c#cc3ccccc3cc-2c2ccc(C(C)(C)C)cc12. The summed E-state index contributed by atoms with van der Waals surface area (Å²) in [6.07, 6.45) is 3.36.